The molecule has 7 heteroatoms. The molecule has 0 bridgehead atoms. The molecule has 0 aromatic heterocycles. The summed E-state index contributed by atoms with van der Waals surface area (Å²) in [6.45, 7) is 0. The number of nitrogen functional groups attached to an aromatic ring is 1. The topological polar surface area (TPSA) is 81.2 Å². The second-order valence-corrected chi connectivity index (χ2v) is 4.19. The van der Waals surface area contributed by atoms with Gasteiger partial charge in [0.1, 0.15) is 17.2 Å². The summed E-state index contributed by atoms with van der Waals surface area (Å²) in [5, 5.41) is 13.8. The molecule has 0 aliphatic carbocycles. The first-order chi connectivity index (χ1) is 8.99. The minimum atomic E-state index is -0.620. The van der Waals surface area contributed by atoms with Crippen LogP contribution < -0.4 is 11.1 Å². The molecule has 2 aromatic rings. The first-order valence-electron chi connectivity index (χ1n) is 5.24. The Balaban J connectivity index is 2.44. The van der Waals surface area contributed by atoms with Crippen molar-refractivity contribution in [3.05, 3.63) is 57.4 Å². The van der Waals surface area contributed by atoms with Gasteiger partial charge in [0.2, 0.25) is 0 Å². The lowest BCUT2D eigenvalue weighted by molar-refractivity contribution is -0.383. The van der Waals surface area contributed by atoms with Crippen LogP contribution >= 0.6 is 11.6 Å². The molecule has 0 atom stereocenters. The second kappa shape index (κ2) is 5.11. The highest BCUT2D eigenvalue weighted by Gasteiger charge is 2.18. The van der Waals surface area contributed by atoms with E-state index in [0.29, 0.717) is 0 Å². The minimum Gasteiger partial charge on any atom is -0.393 e. The van der Waals surface area contributed by atoms with E-state index in [1.807, 2.05) is 0 Å². The summed E-state index contributed by atoms with van der Waals surface area (Å²) in [4.78, 5) is 10.3. The molecular formula is C12H9ClFN3O2. The molecule has 2 rings (SSSR count). The van der Waals surface area contributed by atoms with Crippen molar-refractivity contribution >= 4 is 34.4 Å². The van der Waals surface area contributed by atoms with Gasteiger partial charge < -0.3 is 11.1 Å². The first kappa shape index (κ1) is 13.1. The molecule has 98 valence electrons. The van der Waals surface area contributed by atoms with Crippen LogP contribution in [0.3, 0.4) is 0 Å². The molecule has 0 unspecified atom stereocenters. The molecular weight excluding hydrogens is 273 g/mol. The Labute approximate surface area is 113 Å². The smallest absolute Gasteiger partial charge is 0.315 e. The number of nitro groups is 1. The van der Waals surface area contributed by atoms with Crippen LogP contribution in [0.15, 0.2) is 36.4 Å². The van der Waals surface area contributed by atoms with E-state index in [4.69, 9.17) is 17.3 Å². The highest BCUT2D eigenvalue weighted by molar-refractivity contribution is 6.30. The highest BCUT2D eigenvalue weighted by Crippen LogP contribution is 2.33. The number of halogens is 2. The van der Waals surface area contributed by atoms with Gasteiger partial charge in [-0.05, 0) is 30.3 Å². The number of para-hydroxylation sites is 1. The normalized spacial score (nSPS) is 10.2. The summed E-state index contributed by atoms with van der Waals surface area (Å²) in [6.07, 6.45) is 0. The van der Waals surface area contributed by atoms with E-state index in [9.17, 15) is 14.5 Å². The molecule has 0 saturated carbocycles. The maximum absolute atomic E-state index is 13.6. The molecule has 0 spiro atoms. The van der Waals surface area contributed by atoms with E-state index in [2.05, 4.69) is 5.32 Å². The predicted octanol–water partition coefficient (Wildman–Crippen LogP) is 3.71. The monoisotopic (exact) mass is 281 g/mol. The van der Waals surface area contributed by atoms with Crippen molar-refractivity contribution in [2.45, 2.75) is 0 Å². The van der Waals surface area contributed by atoms with E-state index in [1.54, 1.807) is 6.07 Å². The Morgan fingerprint density at radius 3 is 2.63 bits per heavy atom. The van der Waals surface area contributed by atoms with Crippen molar-refractivity contribution in [2.24, 2.45) is 0 Å². The third-order valence-corrected chi connectivity index (χ3v) is 2.69. The number of benzene rings is 2. The van der Waals surface area contributed by atoms with E-state index in [1.165, 1.54) is 24.3 Å². The number of nitrogens with zero attached hydrogens (tertiary/aromatic N) is 1. The fourth-order valence-electron chi connectivity index (χ4n) is 1.60. The number of nitro benzene ring substituents is 1. The first-order valence-corrected chi connectivity index (χ1v) is 5.62. The summed E-state index contributed by atoms with van der Waals surface area (Å²) in [5.74, 6) is -0.607. The summed E-state index contributed by atoms with van der Waals surface area (Å²) >= 11 is 5.63. The fraction of sp³-hybridized carbons (Fsp3) is 0. The molecule has 2 aromatic carbocycles. The van der Waals surface area contributed by atoms with E-state index in [0.717, 1.165) is 6.07 Å². The average molecular weight is 282 g/mol. The van der Waals surface area contributed by atoms with Gasteiger partial charge in [-0.25, -0.2) is 4.39 Å². The standard InChI is InChI=1S/C12H9ClFN3O2/c13-7-4-5-10(8(14)6-7)16-11-3-1-2-9(15)12(11)17(18)19/h1-6,16H,15H2. The third kappa shape index (κ3) is 2.74. The number of nitrogens with one attached hydrogen (secondary N) is 1. The number of rotatable bonds is 3. The minimum absolute atomic E-state index is 0.00405. The van der Waals surface area contributed by atoms with Gasteiger partial charge in [-0.15, -0.1) is 0 Å². The Morgan fingerprint density at radius 2 is 2.00 bits per heavy atom. The van der Waals surface area contributed by atoms with Gasteiger partial charge in [-0.2, -0.15) is 0 Å². The number of nitrogens with two attached hydrogens (primary N) is 1. The SMILES string of the molecule is Nc1cccc(Nc2ccc(Cl)cc2F)c1[N+](=O)[O-]. The Morgan fingerprint density at radius 1 is 1.26 bits per heavy atom. The van der Waals surface area contributed by atoms with Crippen LogP contribution in [0, 0.1) is 15.9 Å². The van der Waals surface area contributed by atoms with Gasteiger partial charge in [-0.3, -0.25) is 10.1 Å². The van der Waals surface area contributed by atoms with Gasteiger partial charge in [0.25, 0.3) is 0 Å². The zero-order valence-corrected chi connectivity index (χ0v) is 10.3. The molecule has 5 nitrogen and oxygen atoms in total. The number of anilines is 3. The molecule has 0 amide bonds. The Bertz CT molecular complexity index is 649. The van der Waals surface area contributed by atoms with Crippen molar-refractivity contribution < 1.29 is 9.31 Å². The lowest BCUT2D eigenvalue weighted by atomic mass is 10.2. The van der Waals surface area contributed by atoms with Gasteiger partial charge in [0, 0.05) is 5.02 Å². The average Bonchev–Trinajstić information content (AvgIpc) is 2.32. The van der Waals surface area contributed by atoms with Crippen LogP contribution in [0.25, 0.3) is 0 Å². The third-order valence-electron chi connectivity index (χ3n) is 2.45. The van der Waals surface area contributed by atoms with Crippen LogP contribution in [0.4, 0.5) is 27.1 Å². The van der Waals surface area contributed by atoms with Crippen LogP contribution in [0.2, 0.25) is 5.02 Å². The van der Waals surface area contributed by atoms with Crippen molar-refractivity contribution in [1.82, 2.24) is 0 Å². The molecule has 0 heterocycles. The van der Waals surface area contributed by atoms with Gasteiger partial charge in [0.15, 0.2) is 0 Å². The highest BCUT2D eigenvalue weighted by atomic mass is 35.5. The predicted molar refractivity (Wildman–Crippen MR) is 72.2 cm³/mol. The van der Waals surface area contributed by atoms with Crippen LogP contribution in [0.1, 0.15) is 0 Å². The molecule has 0 radical (unpaired) electrons. The fourth-order valence-corrected chi connectivity index (χ4v) is 1.76. The van der Waals surface area contributed by atoms with Crippen molar-refractivity contribution in [1.29, 1.82) is 0 Å². The van der Waals surface area contributed by atoms with Crippen molar-refractivity contribution in [2.75, 3.05) is 11.1 Å². The summed E-state index contributed by atoms with van der Waals surface area (Å²) in [6, 6.07) is 8.38. The van der Waals surface area contributed by atoms with Crippen molar-refractivity contribution in [3.63, 3.8) is 0 Å². The zero-order chi connectivity index (χ0) is 14.0. The molecule has 0 fully saturated rings. The Hall–Kier alpha value is -2.34. The van der Waals surface area contributed by atoms with Crippen LogP contribution in [-0.2, 0) is 0 Å². The molecule has 0 aliphatic rings. The van der Waals surface area contributed by atoms with Crippen molar-refractivity contribution in [3.8, 4) is 0 Å². The zero-order valence-electron chi connectivity index (χ0n) is 9.56. The maximum atomic E-state index is 13.6. The molecule has 0 saturated heterocycles. The largest absolute Gasteiger partial charge is 0.393 e. The summed E-state index contributed by atoms with van der Waals surface area (Å²) in [7, 11) is 0. The molecule has 19 heavy (non-hydrogen) atoms. The van der Waals surface area contributed by atoms with Crippen LogP contribution in [-0.4, -0.2) is 4.92 Å². The quantitative estimate of drug-likeness (QED) is 0.510. The van der Waals surface area contributed by atoms with Crippen LogP contribution in [0.5, 0.6) is 0 Å². The van der Waals surface area contributed by atoms with E-state index in [-0.39, 0.29) is 27.8 Å². The van der Waals surface area contributed by atoms with Gasteiger partial charge in [-0.1, -0.05) is 17.7 Å². The second-order valence-electron chi connectivity index (χ2n) is 3.75. The lowest BCUT2D eigenvalue weighted by Gasteiger charge is -2.09. The maximum Gasteiger partial charge on any atom is 0.315 e. The Kier molecular flexibility index (Phi) is 3.52. The van der Waals surface area contributed by atoms with Gasteiger partial charge >= 0.3 is 5.69 Å². The van der Waals surface area contributed by atoms with E-state index < -0.39 is 10.7 Å². The van der Waals surface area contributed by atoms with E-state index >= 15 is 0 Å². The number of hydrogen-bond donors (Lipinski definition) is 2. The lowest BCUT2D eigenvalue weighted by Crippen LogP contribution is -2.01. The summed E-state index contributed by atoms with van der Waals surface area (Å²) in [5.41, 5.74) is 5.45. The molecule has 0 aliphatic heterocycles. The van der Waals surface area contributed by atoms with Gasteiger partial charge in [0.05, 0.1) is 10.6 Å². The molecule has 3 N–H and O–H groups in total. The summed E-state index contributed by atoms with van der Waals surface area (Å²) < 4.78 is 13.6. The number of hydrogen-bond acceptors (Lipinski definition) is 4.